The Bertz CT molecular complexity index is 520. The minimum Gasteiger partial charge on any atom is -0.494 e. The van der Waals surface area contributed by atoms with Crippen LogP contribution in [0.5, 0.6) is 5.75 Å². The highest BCUT2D eigenvalue weighted by molar-refractivity contribution is 5.27. The number of hydrogen-bond donors (Lipinski definition) is 1. The Morgan fingerprint density at radius 2 is 1.95 bits per heavy atom. The van der Waals surface area contributed by atoms with E-state index in [0.717, 1.165) is 37.0 Å². The van der Waals surface area contributed by atoms with Crippen molar-refractivity contribution in [2.24, 2.45) is 0 Å². The van der Waals surface area contributed by atoms with Gasteiger partial charge in [0.25, 0.3) is 0 Å². The summed E-state index contributed by atoms with van der Waals surface area (Å²) >= 11 is 0. The van der Waals surface area contributed by atoms with Gasteiger partial charge in [0.1, 0.15) is 11.5 Å². The van der Waals surface area contributed by atoms with E-state index in [1.54, 1.807) is 6.20 Å². The molecule has 2 rings (SSSR count). The fourth-order valence-corrected chi connectivity index (χ4v) is 2.04. The molecule has 0 saturated heterocycles. The quantitative estimate of drug-likeness (QED) is 0.712. The largest absolute Gasteiger partial charge is 0.494 e. The summed E-state index contributed by atoms with van der Waals surface area (Å²) in [5.41, 5.74) is 1.22. The molecule has 0 aliphatic heterocycles. The van der Waals surface area contributed by atoms with Crippen molar-refractivity contribution in [3.63, 3.8) is 0 Å². The van der Waals surface area contributed by atoms with Crippen molar-refractivity contribution in [2.75, 3.05) is 6.61 Å². The molecule has 0 bridgehead atoms. The Hall–Kier alpha value is -1.81. The van der Waals surface area contributed by atoms with Gasteiger partial charge in [0.05, 0.1) is 19.3 Å². The van der Waals surface area contributed by atoms with Gasteiger partial charge in [0.2, 0.25) is 5.89 Å². The monoisotopic (exact) mass is 288 g/mol. The van der Waals surface area contributed by atoms with Crippen LogP contribution in [0, 0.1) is 6.92 Å². The minimum atomic E-state index is 0.642. The first-order chi connectivity index (χ1) is 10.3. The van der Waals surface area contributed by atoms with Crippen molar-refractivity contribution in [1.82, 2.24) is 10.3 Å². The third-order valence-electron chi connectivity index (χ3n) is 3.21. The second-order valence-corrected chi connectivity index (χ2v) is 5.17. The Morgan fingerprint density at radius 1 is 1.14 bits per heavy atom. The lowest BCUT2D eigenvalue weighted by Gasteiger charge is -2.07. The molecule has 0 aliphatic carbocycles. The lowest BCUT2D eigenvalue weighted by Crippen LogP contribution is -2.12. The summed E-state index contributed by atoms with van der Waals surface area (Å²) in [6, 6.07) is 8.22. The molecule has 114 valence electrons. The number of aromatic nitrogens is 1. The second-order valence-electron chi connectivity index (χ2n) is 5.17. The van der Waals surface area contributed by atoms with E-state index in [0.29, 0.717) is 6.54 Å². The van der Waals surface area contributed by atoms with Crippen molar-refractivity contribution < 1.29 is 9.15 Å². The Labute approximate surface area is 126 Å². The van der Waals surface area contributed by atoms with E-state index in [1.807, 2.05) is 19.1 Å². The Balaban J connectivity index is 1.69. The zero-order valence-electron chi connectivity index (χ0n) is 12.9. The van der Waals surface area contributed by atoms with E-state index in [1.165, 1.54) is 18.4 Å². The molecule has 0 radical (unpaired) electrons. The average molecular weight is 288 g/mol. The first-order valence-corrected chi connectivity index (χ1v) is 7.61. The van der Waals surface area contributed by atoms with Gasteiger partial charge in [-0.05, 0) is 31.0 Å². The molecule has 4 heteroatoms. The van der Waals surface area contributed by atoms with E-state index in [2.05, 4.69) is 29.4 Å². The zero-order valence-corrected chi connectivity index (χ0v) is 12.9. The van der Waals surface area contributed by atoms with Crippen molar-refractivity contribution in [3.8, 4) is 5.75 Å². The van der Waals surface area contributed by atoms with E-state index in [4.69, 9.17) is 9.15 Å². The summed E-state index contributed by atoms with van der Waals surface area (Å²) < 4.78 is 11.1. The smallest absolute Gasteiger partial charge is 0.208 e. The van der Waals surface area contributed by atoms with Crippen LogP contribution in [-0.4, -0.2) is 11.6 Å². The molecular formula is C17H24N2O2. The van der Waals surface area contributed by atoms with Gasteiger partial charge in [-0.3, -0.25) is 0 Å². The normalized spacial score (nSPS) is 10.8. The molecule has 1 N–H and O–H groups in total. The van der Waals surface area contributed by atoms with E-state index in [-0.39, 0.29) is 0 Å². The predicted molar refractivity (Wildman–Crippen MR) is 83.2 cm³/mol. The van der Waals surface area contributed by atoms with Crippen molar-refractivity contribution in [2.45, 2.75) is 46.2 Å². The number of ether oxygens (including phenoxy) is 1. The molecular weight excluding hydrogens is 264 g/mol. The molecule has 0 saturated carbocycles. The maximum atomic E-state index is 5.69. The van der Waals surface area contributed by atoms with E-state index >= 15 is 0 Å². The number of rotatable bonds is 9. The summed E-state index contributed by atoms with van der Waals surface area (Å²) in [4.78, 5) is 4.16. The maximum Gasteiger partial charge on any atom is 0.208 e. The number of oxazole rings is 1. The zero-order chi connectivity index (χ0) is 14.9. The maximum absolute atomic E-state index is 5.69. The van der Waals surface area contributed by atoms with Crippen molar-refractivity contribution >= 4 is 0 Å². The van der Waals surface area contributed by atoms with Crippen LogP contribution in [0.15, 0.2) is 34.9 Å². The molecule has 0 unspecified atom stereocenters. The van der Waals surface area contributed by atoms with Gasteiger partial charge in [0, 0.05) is 6.54 Å². The highest BCUT2D eigenvalue weighted by Gasteiger charge is 2.00. The lowest BCUT2D eigenvalue weighted by molar-refractivity contribution is 0.306. The van der Waals surface area contributed by atoms with Crippen LogP contribution >= 0.6 is 0 Å². The Kier molecular flexibility index (Phi) is 6.28. The summed E-state index contributed by atoms with van der Waals surface area (Å²) in [6.07, 6.45) is 5.30. The third-order valence-corrected chi connectivity index (χ3v) is 3.21. The summed E-state index contributed by atoms with van der Waals surface area (Å²) in [6.45, 7) is 6.33. The summed E-state index contributed by atoms with van der Waals surface area (Å²) in [7, 11) is 0. The third kappa shape index (κ3) is 5.60. The Morgan fingerprint density at radius 3 is 2.62 bits per heavy atom. The van der Waals surface area contributed by atoms with Gasteiger partial charge in [-0.25, -0.2) is 4.98 Å². The fraction of sp³-hybridized carbons (Fsp3) is 0.471. The topological polar surface area (TPSA) is 47.3 Å². The average Bonchev–Trinajstić information content (AvgIpc) is 2.91. The molecule has 0 amide bonds. The molecule has 21 heavy (non-hydrogen) atoms. The molecule has 2 aromatic rings. The number of benzene rings is 1. The standard InChI is InChI=1S/C17H24N2O2/c1-3-4-5-10-20-16-8-6-15(7-9-16)12-18-13-17-19-11-14(2)21-17/h6-9,11,18H,3-5,10,12-13H2,1-2H3. The first kappa shape index (κ1) is 15.6. The number of aryl methyl sites for hydroxylation is 1. The molecule has 0 fully saturated rings. The van der Waals surface area contributed by atoms with E-state index in [9.17, 15) is 0 Å². The highest BCUT2D eigenvalue weighted by Crippen LogP contribution is 2.13. The molecule has 4 nitrogen and oxygen atoms in total. The SMILES string of the molecule is CCCCCOc1ccc(CNCc2ncc(C)o2)cc1. The number of nitrogens with one attached hydrogen (secondary N) is 1. The fourth-order valence-electron chi connectivity index (χ4n) is 2.04. The number of nitrogens with zero attached hydrogens (tertiary/aromatic N) is 1. The first-order valence-electron chi connectivity index (χ1n) is 7.61. The van der Waals surface area contributed by atoms with Crippen LogP contribution in [0.3, 0.4) is 0 Å². The van der Waals surface area contributed by atoms with Crippen LogP contribution in [0.4, 0.5) is 0 Å². The molecule has 0 aliphatic rings. The second kappa shape index (κ2) is 8.47. The van der Waals surface area contributed by atoms with Crippen LogP contribution in [0.1, 0.15) is 43.4 Å². The summed E-state index contributed by atoms with van der Waals surface area (Å²) in [5.74, 6) is 2.51. The molecule has 1 aromatic heterocycles. The summed E-state index contributed by atoms with van der Waals surface area (Å²) in [5, 5.41) is 3.31. The van der Waals surface area contributed by atoms with Crippen molar-refractivity contribution in [1.29, 1.82) is 0 Å². The lowest BCUT2D eigenvalue weighted by atomic mass is 10.2. The van der Waals surface area contributed by atoms with Gasteiger partial charge in [-0.15, -0.1) is 0 Å². The van der Waals surface area contributed by atoms with Crippen LogP contribution < -0.4 is 10.1 Å². The van der Waals surface area contributed by atoms with Crippen LogP contribution in [0.25, 0.3) is 0 Å². The minimum absolute atomic E-state index is 0.642. The van der Waals surface area contributed by atoms with Crippen LogP contribution in [-0.2, 0) is 13.1 Å². The van der Waals surface area contributed by atoms with Gasteiger partial charge in [-0.1, -0.05) is 31.9 Å². The number of hydrogen-bond acceptors (Lipinski definition) is 4. The molecule has 0 spiro atoms. The molecule has 1 heterocycles. The van der Waals surface area contributed by atoms with Gasteiger partial charge in [-0.2, -0.15) is 0 Å². The van der Waals surface area contributed by atoms with Crippen LogP contribution in [0.2, 0.25) is 0 Å². The predicted octanol–water partition coefficient (Wildman–Crippen LogP) is 3.84. The molecule has 1 aromatic carbocycles. The van der Waals surface area contributed by atoms with Gasteiger partial charge >= 0.3 is 0 Å². The van der Waals surface area contributed by atoms with Gasteiger partial charge < -0.3 is 14.5 Å². The van der Waals surface area contributed by atoms with Gasteiger partial charge in [0.15, 0.2) is 0 Å². The highest BCUT2D eigenvalue weighted by atomic mass is 16.5. The number of unbranched alkanes of at least 4 members (excludes halogenated alkanes) is 2. The van der Waals surface area contributed by atoms with Crippen molar-refractivity contribution in [3.05, 3.63) is 47.7 Å². The van der Waals surface area contributed by atoms with E-state index < -0.39 is 0 Å². The molecule has 0 atom stereocenters.